The molecule has 3 heterocycles. The maximum Gasteiger partial charge on any atom is 0.227 e. The molecule has 3 aromatic rings. The molecule has 1 fully saturated rings. The summed E-state index contributed by atoms with van der Waals surface area (Å²) in [6.45, 7) is 0.725. The lowest BCUT2D eigenvalue weighted by Gasteiger charge is -2.16. The molecule has 0 saturated carbocycles. The molecule has 0 radical (unpaired) electrons. The van der Waals surface area contributed by atoms with Crippen molar-refractivity contribution in [2.45, 2.75) is 13.0 Å². The van der Waals surface area contributed by atoms with Gasteiger partial charge < -0.3 is 10.2 Å². The molecule has 4 rings (SSSR count). The minimum Gasteiger partial charge on any atom is -0.352 e. The topological polar surface area (TPSA) is 80.1 Å². The zero-order chi connectivity index (χ0) is 19.5. The molecule has 0 unspecified atom stereocenters. The third-order valence-electron chi connectivity index (χ3n) is 4.65. The van der Waals surface area contributed by atoms with Crippen LogP contribution < -0.4 is 10.2 Å². The molecule has 8 heteroatoms. The first-order valence-electron chi connectivity index (χ1n) is 8.89. The van der Waals surface area contributed by atoms with Crippen LogP contribution in [-0.4, -0.2) is 33.1 Å². The fraction of sp³-hybridized carbons (Fsp3) is 0.200. The number of aromatic nitrogens is 3. The van der Waals surface area contributed by atoms with Gasteiger partial charge in [0.15, 0.2) is 5.82 Å². The molecule has 28 heavy (non-hydrogen) atoms. The van der Waals surface area contributed by atoms with Gasteiger partial charge >= 0.3 is 0 Å². The quantitative estimate of drug-likeness (QED) is 0.720. The van der Waals surface area contributed by atoms with Gasteiger partial charge in [-0.3, -0.25) is 9.59 Å². The van der Waals surface area contributed by atoms with Crippen molar-refractivity contribution in [3.05, 3.63) is 71.6 Å². The number of rotatable bonds is 5. The molecular weight excluding hydrogens is 378 g/mol. The summed E-state index contributed by atoms with van der Waals surface area (Å²) >= 11 is 5.90. The van der Waals surface area contributed by atoms with Crippen molar-refractivity contribution in [2.24, 2.45) is 5.92 Å². The van der Waals surface area contributed by atoms with Gasteiger partial charge in [-0.25, -0.2) is 9.67 Å². The highest BCUT2D eigenvalue weighted by Crippen LogP contribution is 2.26. The van der Waals surface area contributed by atoms with Gasteiger partial charge in [-0.05, 0) is 48.0 Å². The van der Waals surface area contributed by atoms with Crippen molar-refractivity contribution in [1.29, 1.82) is 0 Å². The first kappa shape index (κ1) is 18.2. The Bertz CT molecular complexity index is 988. The first-order valence-corrected chi connectivity index (χ1v) is 9.26. The van der Waals surface area contributed by atoms with Crippen molar-refractivity contribution in [1.82, 2.24) is 20.1 Å². The van der Waals surface area contributed by atoms with Crippen LogP contribution in [0.25, 0.3) is 5.82 Å². The predicted molar refractivity (Wildman–Crippen MR) is 105 cm³/mol. The molecule has 1 N–H and O–H groups in total. The number of benzene rings is 1. The fourth-order valence-corrected chi connectivity index (χ4v) is 3.31. The van der Waals surface area contributed by atoms with Crippen LogP contribution in [-0.2, 0) is 16.1 Å². The van der Waals surface area contributed by atoms with Crippen LogP contribution in [0.4, 0.5) is 5.69 Å². The Hall–Kier alpha value is -3.19. The molecular formula is C20H18ClN5O2. The van der Waals surface area contributed by atoms with E-state index in [0.29, 0.717) is 23.9 Å². The second kappa shape index (κ2) is 7.82. The lowest BCUT2D eigenvalue weighted by Crippen LogP contribution is -2.32. The summed E-state index contributed by atoms with van der Waals surface area (Å²) < 4.78 is 1.66. The second-order valence-corrected chi connectivity index (χ2v) is 7.01. The van der Waals surface area contributed by atoms with Crippen LogP contribution in [0.3, 0.4) is 0 Å². The van der Waals surface area contributed by atoms with Crippen LogP contribution in [0.2, 0.25) is 5.02 Å². The molecule has 0 aliphatic carbocycles. The molecule has 7 nitrogen and oxygen atoms in total. The number of carbonyl (C=O) groups excluding carboxylic acids is 2. The maximum absolute atomic E-state index is 12.6. The van der Waals surface area contributed by atoms with Crippen molar-refractivity contribution in [2.75, 3.05) is 11.4 Å². The van der Waals surface area contributed by atoms with E-state index in [-0.39, 0.29) is 24.2 Å². The Balaban J connectivity index is 1.37. The highest BCUT2D eigenvalue weighted by molar-refractivity contribution is 6.30. The highest BCUT2D eigenvalue weighted by Gasteiger charge is 2.34. The van der Waals surface area contributed by atoms with E-state index in [1.54, 1.807) is 52.4 Å². The molecule has 1 saturated heterocycles. The van der Waals surface area contributed by atoms with E-state index in [9.17, 15) is 9.59 Å². The van der Waals surface area contributed by atoms with Gasteiger partial charge in [0.25, 0.3) is 0 Å². The van der Waals surface area contributed by atoms with Crippen LogP contribution in [0.15, 0.2) is 61.1 Å². The number of nitrogens with zero attached hydrogens (tertiary/aromatic N) is 4. The molecule has 142 valence electrons. The standard InChI is InChI=1S/C20H18ClN5O2/c21-16-2-4-17(5-3-16)25-13-15(11-19(25)27)20(28)23-12-14-6-8-22-18(10-14)26-9-1-7-24-26/h1-10,15H,11-13H2,(H,23,28)/t15-/m1/s1. The molecule has 1 aliphatic rings. The third-order valence-corrected chi connectivity index (χ3v) is 4.90. The molecule has 0 spiro atoms. The Kier molecular flexibility index (Phi) is 5.08. The Morgan fingerprint density at radius 2 is 2.04 bits per heavy atom. The summed E-state index contributed by atoms with van der Waals surface area (Å²) in [6.07, 6.45) is 5.36. The van der Waals surface area contributed by atoms with Crippen molar-refractivity contribution < 1.29 is 9.59 Å². The summed E-state index contributed by atoms with van der Waals surface area (Å²) in [7, 11) is 0. The van der Waals surface area contributed by atoms with Crippen molar-refractivity contribution in [3.8, 4) is 5.82 Å². The number of pyridine rings is 1. The summed E-state index contributed by atoms with van der Waals surface area (Å²) in [5.74, 6) is 0.104. The maximum atomic E-state index is 12.6. The highest BCUT2D eigenvalue weighted by atomic mass is 35.5. The van der Waals surface area contributed by atoms with E-state index in [2.05, 4.69) is 15.4 Å². The van der Waals surface area contributed by atoms with E-state index in [1.807, 2.05) is 18.2 Å². The van der Waals surface area contributed by atoms with E-state index in [4.69, 9.17) is 11.6 Å². The summed E-state index contributed by atoms with van der Waals surface area (Å²) in [6, 6.07) is 12.6. The number of amides is 2. The number of hydrogen-bond acceptors (Lipinski definition) is 4. The monoisotopic (exact) mass is 395 g/mol. The predicted octanol–water partition coefficient (Wildman–Crippen LogP) is 2.59. The average molecular weight is 396 g/mol. The van der Waals surface area contributed by atoms with Gasteiger partial charge in [0.1, 0.15) is 0 Å². The SMILES string of the molecule is O=C(NCc1ccnc(-n2cccn2)c1)[C@@H]1CC(=O)N(c2ccc(Cl)cc2)C1. The Labute approximate surface area is 166 Å². The van der Waals surface area contributed by atoms with Gasteiger partial charge in [0.2, 0.25) is 11.8 Å². The number of carbonyl (C=O) groups is 2. The van der Waals surface area contributed by atoms with E-state index in [0.717, 1.165) is 11.3 Å². The number of hydrogen-bond donors (Lipinski definition) is 1. The number of anilines is 1. The Morgan fingerprint density at radius 1 is 1.21 bits per heavy atom. The molecule has 2 aromatic heterocycles. The zero-order valence-electron chi connectivity index (χ0n) is 15.0. The van der Waals surface area contributed by atoms with Crippen molar-refractivity contribution in [3.63, 3.8) is 0 Å². The van der Waals surface area contributed by atoms with Gasteiger partial charge in [0, 0.05) is 48.8 Å². The van der Waals surface area contributed by atoms with Crippen LogP contribution in [0, 0.1) is 5.92 Å². The summed E-state index contributed by atoms with van der Waals surface area (Å²) in [4.78, 5) is 30.8. The molecule has 2 amide bonds. The van der Waals surface area contributed by atoms with Crippen LogP contribution in [0.1, 0.15) is 12.0 Å². The third kappa shape index (κ3) is 3.89. The summed E-state index contributed by atoms with van der Waals surface area (Å²) in [5, 5.41) is 7.68. The van der Waals surface area contributed by atoms with Gasteiger partial charge in [-0.1, -0.05) is 11.6 Å². The second-order valence-electron chi connectivity index (χ2n) is 6.57. The van der Waals surface area contributed by atoms with Gasteiger partial charge in [-0.15, -0.1) is 0 Å². The zero-order valence-corrected chi connectivity index (χ0v) is 15.7. The summed E-state index contributed by atoms with van der Waals surface area (Å²) in [5.41, 5.74) is 1.66. The minimum atomic E-state index is -0.379. The minimum absolute atomic E-state index is 0.0626. The molecule has 1 aromatic carbocycles. The van der Waals surface area contributed by atoms with Crippen LogP contribution in [0.5, 0.6) is 0 Å². The van der Waals surface area contributed by atoms with Crippen LogP contribution >= 0.6 is 11.6 Å². The molecule has 1 aliphatic heterocycles. The number of halogens is 1. The lowest BCUT2D eigenvalue weighted by molar-refractivity contribution is -0.126. The number of nitrogens with one attached hydrogen (secondary N) is 1. The first-order chi connectivity index (χ1) is 13.6. The molecule has 0 bridgehead atoms. The smallest absolute Gasteiger partial charge is 0.227 e. The molecule has 1 atom stereocenters. The van der Waals surface area contributed by atoms with Crippen molar-refractivity contribution >= 4 is 29.1 Å². The van der Waals surface area contributed by atoms with E-state index in [1.165, 1.54) is 0 Å². The normalized spacial score (nSPS) is 16.4. The fourth-order valence-electron chi connectivity index (χ4n) is 3.19. The van der Waals surface area contributed by atoms with E-state index >= 15 is 0 Å². The lowest BCUT2D eigenvalue weighted by atomic mass is 10.1. The van der Waals surface area contributed by atoms with Gasteiger partial charge in [-0.2, -0.15) is 5.10 Å². The van der Waals surface area contributed by atoms with Gasteiger partial charge in [0.05, 0.1) is 5.92 Å². The average Bonchev–Trinajstić information content (AvgIpc) is 3.37. The Morgan fingerprint density at radius 3 is 2.79 bits per heavy atom. The largest absolute Gasteiger partial charge is 0.352 e. The van der Waals surface area contributed by atoms with E-state index < -0.39 is 0 Å².